The standard InChI is InChI=1S/C13H16N4O3/c1-7-5-6-10(13(19)17(7)4)11(18)14-8(2)12-15-9(3)16-20-12/h5-6,8H,1-4H3,(H,14,18)/t8-/m0/s1. The molecule has 2 heterocycles. The van der Waals surface area contributed by atoms with Gasteiger partial charge < -0.3 is 14.4 Å². The van der Waals surface area contributed by atoms with Gasteiger partial charge in [0.25, 0.3) is 11.5 Å². The average molecular weight is 276 g/mol. The summed E-state index contributed by atoms with van der Waals surface area (Å²) in [6, 6.07) is 2.77. The van der Waals surface area contributed by atoms with Crippen LogP contribution in [-0.2, 0) is 7.05 Å². The Morgan fingerprint density at radius 1 is 1.40 bits per heavy atom. The highest BCUT2D eigenvalue weighted by molar-refractivity contribution is 5.94. The lowest BCUT2D eigenvalue weighted by Crippen LogP contribution is -2.34. The minimum Gasteiger partial charge on any atom is -0.340 e. The second-order valence-corrected chi connectivity index (χ2v) is 4.63. The van der Waals surface area contributed by atoms with E-state index in [0.29, 0.717) is 11.7 Å². The summed E-state index contributed by atoms with van der Waals surface area (Å²) in [4.78, 5) is 28.1. The quantitative estimate of drug-likeness (QED) is 0.898. The Bertz CT molecular complexity index is 702. The molecule has 20 heavy (non-hydrogen) atoms. The molecule has 2 aromatic heterocycles. The summed E-state index contributed by atoms with van der Waals surface area (Å²) in [5, 5.41) is 6.32. The SMILES string of the molecule is Cc1noc([C@H](C)NC(=O)c2ccc(C)n(C)c2=O)n1. The Kier molecular flexibility index (Phi) is 3.69. The maximum Gasteiger partial charge on any atom is 0.263 e. The van der Waals surface area contributed by atoms with Gasteiger partial charge in [-0.1, -0.05) is 5.16 Å². The number of rotatable bonds is 3. The molecule has 2 aromatic rings. The average Bonchev–Trinajstić information content (AvgIpc) is 2.82. The lowest BCUT2D eigenvalue weighted by atomic mass is 10.2. The minimum absolute atomic E-state index is 0.0844. The summed E-state index contributed by atoms with van der Waals surface area (Å²) in [5.41, 5.74) is 0.532. The van der Waals surface area contributed by atoms with Crippen LogP contribution in [0.2, 0.25) is 0 Å². The van der Waals surface area contributed by atoms with Gasteiger partial charge in [0, 0.05) is 12.7 Å². The van der Waals surface area contributed by atoms with Gasteiger partial charge in [-0.3, -0.25) is 9.59 Å². The normalized spacial score (nSPS) is 12.2. The second-order valence-electron chi connectivity index (χ2n) is 4.63. The third-order valence-electron chi connectivity index (χ3n) is 3.06. The second kappa shape index (κ2) is 5.28. The molecule has 0 aromatic carbocycles. The van der Waals surface area contributed by atoms with E-state index in [1.54, 1.807) is 33.9 Å². The molecule has 0 spiro atoms. The molecule has 0 saturated carbocycles. The molecule has 7 heteroatoms. The molecule has 0 aliphatic rings. The van der Waals surface area contributed by atoms with Crippen LogP contribution in [-0.4, -0.2) is 20.6 Å². The first-order valence-electron chi connectivity index (χ1n) is 6.18. The van der Waals surface area contributed by atoms with Crippen LogP contribution in [0.25, 0.3) is 0 Å². The van der Waals surface area contributed by atoms with E-state index in [1.807, 2.05) is 0 Å². The van der Waals surface area contributed by atoms with Crippen molar-refractivity contribution in [3.8, 4) is 0 Å². The van der Waals surface area contributed by atoms with E-state index in [4.69, 9.17) is 4.52 Å². The van der Waals surface area contributed by atoms with E-state index in [0.717, 1.165) is 5.69 Å². The molecule has 0 saturated heterocycles. The summed E-state index contributed by atoms with van der Waals surface area (Å²) in [6.07, 6.45) is 0. The van der Waals surface area contributed by atoms with Gasteiger partial charge in [0.05, 0.1) is 0 Å². The Morgan fingerprint density at radius 2 is 2.10 bits per heavy atom. The predicted molar refractivity (Wildman–Crippen MR) is 71.3 cm³/mol. The summed E-state index contributed by atoms with van der Waals surface area (Å²) in [7, 11) is 1.62. The number of nitrogens with one attached hydrogen (secondary N) is 1. The number of amides is 1. The summed E-state index contributed by atoms with van der Waals surface area (Å²) in [6.45, 7) is 5.20. The minimum atomic E-state index is -0.464. The molecule has 7 nitrogen and oxygen atoms in total. The zero-order valence-electron chi connectivity index (χ0n) is 11.8. The zero-order valence-corrected chi connectivity index (χ0v) is 11.8. The van der Waals surface area contributed by atoms with Gasteiger partial charge in [-0.05, 0) is 32.9 Å². The molecular weight excluding hydrogens is 260 g/mol. The number of aromatic nitrogens is 3. The number of hydrogen-bond acceptors (Lipinski definition) is 5. The number of hydrogen-bond donors (Lipinski definition) is 1. The number of pyridine rings is 1. The molecular formula is C13H16N4O3. The Morgan fingerprint density at radius 3 is 2.70 bits per heavy atom. The molecule has 0 fully saturated rings. The molecule has 1 atom stereocenters. The van der Waals surface area contributed by atoms with Crippen molar-refractivity contribution in [2.75, 3.05) is 0 Å². The molecule has 0 aliphatic carbocycles. The highest BCUT2D eigenvalue weighted by Crippen LogP contribution is 2.09. The van der Waals surface area contributed by atoms with Crippen molar-refractivity contribution in [2.45, 2.75) is 26.8 Å². The maximum absolute atomic E-state index is 12.1. The van der Waals surface area contributed by atoms with Crippen molar-refractivity contribution in [3.63, 3.8) is 0 Å². The highest BCUT2D eigenvalue weighted by atomic mass is 16.5. The zero-order chi connectivity index (χ0) is 14.9. The first kappa shape index (κ1) is 14.0. The molecule has 0 aliphatic heterocycles. The van der Waals surface area contributed by atoms with Crippen LogP contribution in [0.15, 0.2) is 21.5 Å². The van der Waals surface area contributed by atoms with Gasteiger partial charge in [0.15, 0.2) is 5.82 Å². The van der Waals surface area contributed by atoms with E-state index in [1.165, 1.54) is 10.6 Å². The third kappa shape index (κ3) is 2.61. The van der Waals surface area contributed by atoms with Crippen LogP contribution in [0.1, 0.15) is 40.7 Å². The molecule has 2 rings (SSSR count). The molecule has 0 unspecified atom stereocenters. The van der Waals surface area contributed by atoms with Crippen molar-refractivity contribution in [1.29, 1.82) is 0 Å². The van der Waals surface area contributed by atoms with Crippen molar-refractivity contribution in [1.82, 2.24) is 20.0 Å². The smallest absolute Gasteiger partial charge is 0.263 e. The van der Waals surface area contributed by atoms with Crippen LogP contribution in [0, 0.1) is 13.8 Å². The Balaban J connectivity index is 2.21. The first-order chi connectivity index (χ1) is 9.40. The molecule has 1 amide bonds. The molecule has 0 radical (unpaired) electrons. The van der Waals surface area contributed by atoms with E-state index >= 15 is 0 Å². The lowest BCUT2D eigenvalue weighted by molar-refractivity contribution is 0.0930. The van der Waals surface area contributed by atoms with Crippen LogP contribution in [0.3, 0.4) is 0 Å². The Labute approximate surface area is 115 Å². The third-order valence-corrected chi connectivity index (χ3v) is 3.06. The molecule has 106 valence electrons. The number of nitrogens with zero attached hydrogens (tertiary/aromatic N) is 3. The fourth-order valence-corrected chi connectivity index (χ4v) is 1.73. The van der Waals surface area contributed by atoms with Crippen LogP contribution >= 0.6 is 0 Å². The molecule has 0 bridgehead atoms. The van der Waals surface area contributed by atoms with E-state index < -0.39 is 11.9 Å². The van der Waals surface area contributed by atoms with Gasteiger partial charge in [-0.2, -0.15) is 4.98 Å². The fraction of sp³-hybridized carbons (Fsp3) is 0.385. The molecule has 1 N–H and O–H groups in total. The van der Waals surface area contributed by atoms with Gasteiger partial charge in [-0.15, -0.1) is 0 Å². The Hall–Kier alpha value is -2.44. The van der Waals surface area contributed by atoms with Crippen LogP contribution < -0.4 is 10.9 Å². The number of aryl methyl sites for hydroxylation is 2. The van der Waals surface area contributed by atoms with Gasteiger partial charge in [0.1, 0.15) is 11.6 Å². The summed E-state index contributed by atoms with van der Waals surface area (Å²) in [5.74, 6) is 0.334. The monoisotopic (exact) mass is 276 g/mol. The highest BCUT2D eigenvalue weighted by Gasteiger charge is 2.19. The van der Waals surface area contributed by atoms with E-state index in [2.05, 4.69) is 15.5 Å². The largest absolute Gasteiger partial charge is 0.340 e. The van der Waals surface area contributed by atoms with E-state index in [-0.39, 0.29) is 11.1 Å². The lowest BCUT2D eigenvalue weighted by Gasteiger charge is -2.10. The maximum atomic E-state index is 12.1. The van der Waals surface area contributed by atoms with Crippen molar-refractivity contribution >= 4 is 5.91 Å². The number of carbonyl (C=O) groups is 1. The summed E-state index contributed by atoms with van der Waals surface area (Å²) >= 11 is 0. The van der Waals surface area contributed by atoms with Gasteiger partial charge >= 0.3 is 0 Å². The topological polar surface area (TPSA) is 90.0 Å². The van der Waals surface area contributed by atoms with E-state index in [9.17, 15) is 9.59 Å². The van der Waals surface area contributed by atoms with Crippen molar-refractivity contribution < 1.29 is 9.32 Å². The van der Waals surface area contributed by atoms with Crippen LogP contribution in [0.4, 0.5) is 0 Å². The van der Waals surface area contributed by atoms with Crippen molar-refractivity contribution in [3.05, 3.63) is 45.5 Å². The van der Waals surface area contributed by atoms with Crippen molar-refractivity contribution in [2.24, 2.45) is 7.05 Å². The summed E-state index contributed by atoms with van der Waals surface area (Å²) < 4.78 is 6.40. The first-order valence-corrected chi connectivity index (χ1v) is 6.18. The predicted octanol–water partition coefficient (Wildman–Crippen LogP) is 0.876. The van der Waals surface area contributed by atoms with Crippen LogP contribution in [0.5, 0.6) is 0 Å². The van der Waals surface area contributed by atoms with Gasteiger partial charge in [-0.25, -0.2) is 0 Å². The van der Waals surface area contributed by atoms with Gasteiger partial charge in [0.2, 0.25) is 5.89 Å². The number of carbonyl (C=O) groups excluding carboxylic acids is 1. The fourth-order valence-electron chi connectivity index (χ4n) is 1.73.